The number of rotatable bonds is 5. The maximum Gasteiger partial charge on any atom is 0.0836 e. The fourth-order valence-corrected chi connectivity index (χ4v) is 5.00. The van der Waals surface area contributed by atoms with Crippen molar-refractivity contribution in [2.75, 3.05) is 14.2 Å². The summed E-state index contributed by atoms with van der Waals surface area (Å²) in [7, 11) is 4.09. The van der Waals surface area contributed by atoms with Crippen molar-refractivity contribution in [3.05, 3.63) is 0 Å². The van der Waals surface area contributed by atoms with Crippen LogP contribution in [0.5, 0.6) is 0 Å². The summed E-state index contributed by atoms with van der Waals surface area (Å²) in [6, 6.07) is 0.549. The zero-order valence-electron chi connectivity index (χ0n) is 14.1. The van der Waals surface area contributed by atoms with E-state index < -0.39 is 0 Å². The van der Waals surface area contributed by atoms with Gasteiger partial charge in [0.2, 0.25) is 0 Å². The van der Waals surface area contributed by atoms with Gasteiger partial charge in [-0.2, -0.15) is 0 Å². The van der Waals surface area contributed by atoms with E-state index in [-0.39, 0.29) is 5.60 Å². The number of likely N-dealkylation sites (N-methyl/N-ethyl adjacent to an activating group) is 1. The standard InChI is InChI=1S/C18H35NO/c1-5-15-8-10-16(11-9-15)17(19-3)18(20-4)12-6-7-14(2)13-18/h14-17,19H,5-13H2,1-4H3. The first kappa shape index (κ1) is 16.3. The molecule has 2 nitrogen and oxygen atoms in total. The van der Waals surface area contributed by atoms with E-state index in [1.165, 1.54) is 57.8 Å². The molecule has 0 bridgehead atoms. The van der Waals surface area contributed by atoms with E-state index in [0.717, 1.165) is 17.8 Å². The molecule has 3 unspecified atom stereocenters. The predicted molar refractivity (Wildman–Crippen MR) is 86.0 cm³/mol. The lowest BCUT2D eigenvalue weighted by Crippen LogP contribution is -2.57. The Morgan fingerprint density at radius 2 is 1.90 bits per heavy atom. The highest BCUT2D eigenvalue weighted by Gasteiger charge is 2.45. The SMILES string of the molecule is CCC1CCC(C(NC)C2(OC)CCCC(C)C2)CC1. The van der Waals surface area contributed by atoms with E-state index in [9.17, 15) is 0 Å². The van der Waals surface area contributed by atoms with Crippen molar-refractivity contribution < 1.29 is 4.74 Å². The smallest absolute Gasteiger partial charge is 0.0836 e. The number of ether oxygens (including phenoxy) is 1. The maximum absolute atomic E-state index is 6.15. The third kappa shape index (κ3) is 3.39. The van der Waals surface area contributed by atoms with Gasteiger partial charge in [0.25, 0.3) is 0 Å². The van der Waals surface area contributed by atoms with Crippen molar-refractivity contribution in [2.45, 2.75) is 83.3 Å². The van der Waals surface area contributed by atoms with Crippen molar-refractivity contribution in [3.8, 4) is 0 Å². The molecule has 0 spiro atoms. The van der Waals surface area contributed by atoms with Gasteiger partial charge in [-0.15, -0.1) is 0 Å². The third-order valence-corrected chi connectivity index (χ3v) is 6.22. The molecule has 2 rings (SSSR count). The lowest BCUT2D eigenvalue weighted by Gasteiger charge is -2.48. The van der Waals surface area contributed by atoms with Crippen molar-refractivity contribution >= 4 is 0 Å². The van der Waals surface area contributed by atoms with E-state index in [2.05, 4.69) is 26.2 Å². The van der Waals surface area contributed by atoms with E-state index >= 15 is 0 Å². The molecule has 1 N–H and O–H groups in total. The number of nitrogens with one attached hydrogen (secondary N) is 1. The monoisotopic (exact) mass is 281 g/mol. The van der Waals surface area contributed by atoms with Crippen LogP contribution in [-0.2, 0) is 4.74 Å². The van der Waals surface area contributed by atoms with Gasteiger partial charge in [0.1, 0.15) is 0 Å². The van der Waals surface area contributed by atoms with Crippen LogP contribution < -0.4 is 5.32 Å². The van der Waals surface area contributed by atoms with Gasteiger partial charge in [-0.05, 0) is 50.5 Å². The second-order valence-electron chi connectivity index (χ2n) is 7.43. The summed E-state index contributed by atoms with van der Waals surface area (Å²) in [5.74, 6) is 2.60. The van der Waals surface area contributed by atoms with E-state index in [1.54, 1.807) is 0 Å². The van der Waals surface area contributed by atoms with E-state index in [1.807, 2.05) is 7.11 Å². The lowest BCUT2D eigenvalue weighted by atomic mass is 9.67. The van der Waals surface area contributed by atoms with Gasteiger partial charge in [0.05, 0.1) is 5.60 Å². The van der Waals surface area contributed by atoms with Gasteiger partial charge in [0.15, 0.2) is 0 Å². The van der Waals surface area contributed by atoms with Crippen molar-refractivity contribution in [1.29, 1.82) is 0 Å². The van der Waals surface area contributed by atoms with Crippen LogP contribution in [-0.4, -0.2) is 25.8 Å². The molecule has 0 saturated heterocycles. The minimum Gasteiger partial charge on any atom is -0.377 e. The maximum atomic E-state index is 6.15. The molecule has 20 heavy (non-hydrogen) atoms. The third-order valence-electron chi connectivity index (χ3n) is 6.22. The van der Waals surface area contributed by atoms with Crippen LogP contribution in [0.3, 0.4) is 0 Å². The van der Waals surface area contributed by atoms with Gasteiger partial charge in [-0.3, -0.25) is 0 Å². The first-order valence-corrected chi connectivity index (χ1v) is 8.87. The average molecular weight is 281 g/mol. The molecular weight excluding hydrogens is 246 g/mol. The van der Waals surface area contributed by atoms with E-state index in [4.69, 9.17) is 4.74 Å². The zero-order valence-corrected chi connectivity index (χ0v) is 14.1. The highest BCUT2D eigenvalue weighted by Crippen LogP contribution is 2.43. The minimum atomic E-state index is 0.0934. The second kappa shape index (κ2) is 7.26. The topological polar surface area (TPSA) is 21.3 Å². The average Bonchev–Trinajstić information content (AvgIpc) is 2.48. The Bertz CT molecular complexity index is 285. The predicted octanol–water partition coefficient (Wildman–Crippen LogP) is 4.39. The fourth-order valence-electron chi connectivity index (χ4n) is 5.00. The Labute approximate surface area is 126 Å². The molecule has 0 heterocycles. The van der Waals surface area contributed by atoms with Crippen molar-refractivity contribution in [2.24, 2.45) is 17.8 Å². The van der Waals surface area contributed by atoms with Gasteiger partial charge in [0, 0.05) is 13.2 Å². The molecule has 3 atom stereocenters. The summed E-state index contributed by atoms with van der Waals surface area (Å²) >= 11 is 0. The molecule has 2 aliphatic rings. The number of hydrogen-bond donors (Lipinski definition) is 1. The Morgan fingerprint density at radius 1 is 1.20 bits per heavy atom. The number of hydrogen-bond acceptors (Lipinski definition) is 2. The molecule has 2 saturated carbocycles. The van der Waals surface area contributed by atoms with E-state index in [0.29, 0.717) is 6.04 Å². The summed E-state index contributed by atoms with van der Waals surface area (Å²) in [6.07, 6.45) is 12.2. The minimum absolute atomic E-state index is 0.0934. The molecule has 0 aromatic rings. The Balaban J connectivity index is 2.05. The normalized spacial score (nSPS) is 40.5. The zero-order chi connectivity index (χ0) is 14.6. The summed E-state index contributed by atoms with van der Waals surface area (Å²) in [4.78, 5) is 0. The summed E-state index contributed by atoms with van der Waals surface area (Å²) in [5, 5.41) is 3.66. The fraction of sp³-hybridized carbons (Fsp3) is 1.00. The first-order valence-electron chi connectivity index (χ1n) is 8.87. The van der Waals surface area contributed by atoms with Crippen LogP contribution in [0.1, 0.15) is 71.6 Å². The van der Waals surface area contributed by atoms with Gasteiger partial charge in [-0.1, -0.05) is 46.0 Å². The summed E-state index contributed by atoms with van der Waals surface area (Å²) in [6.45, 7) is 4.74. The number of methoxy groups -OCH3 is 1. The van der Waals surface area contributed by atoms with Crippen molar-refractivity contribution in [3.63, 3.8) is 0 Å². The van der Waals surface area contributed by atoms with Crippen LogP contribution in [0.2, 0.25) is 0 Å². The largest absolute Gasteiger partial charge is 0.377 e. The van der Waals surface area contributed by atoms with Gasteiger partial charge < -0.3 is 10.1 Å². The Kier molecular flexibility index (Phi) is 5.92. The second-order valence-corrected chi connectivity index (χ2v) is 7.43. The lowest BCUT2D eigenvalue weighted by molar-refractivity contribution is -0.0952. The Morgan fingerprint density at radius 3 is 2.40 bits per heavy atom. The first-order chi connectivity index (χ1) is 9.65. The van der Waals surface area contributed by atoms with Crippen LogP contribution in [0, 0.1) is 17.8 Å². The summed E-state index contributed by atoms with van der Waals surface area (Å²) in [5.41, 5.74) is 0.0934. The quantitative estimate of drug-likeness (QED) is 0.807. The molecular formula is C18H35NO. The molecule has 2 fully saturated rings. The molecule has 0 radical (unpaired) electrons. The highest BCUT2D eigenvalue weighted by atomic mass is 16.5. The molecule has 0 aliphatic heterocycles. The van der Waals surface area contributed by atoms with Crippen LogP contribution in [0.4, 0.5) is 0 Å². The Hall–Kier alpha value is -0.0800. The van der Waals surface area contributed by atoms with Crippen LogP contribution >= 0.6 is 0 Å². The summed E-state index contributed by atoms with van der Waals surface area (Å²) < 4.78 is 6.15. The molecule has 2 aliphatic carbocycles. The molecule has 0 aromatic heterocycles. The molecule has 0 amide bonds. The van der Waals surface area contributed by atoms with Gasteiger partial charge in [-0.25, -0.2) is 0 Å². The van der Waals surface area contributed by atoms with Crippen molar-refractivity contribution in [1.82, 2.24) is 5.32 Å². The van der Waals surface area contributed by atoms with Gasteiger partial charge >= 0.3 is 0 Å². The molecule has 0 aromatic carbocycles. The molecule has 118 valence electrons. The van der Waals surface area contributed by atoms with Crippen LogP contribution in [0.15, 0.2) is 0 Å². The highest BCUT2D eigenvalue weighted by molar-refractivity contribution is 5.00. The molecule has 2 heteroatoms. The van der Waals surface area contributed by atoms with Crippen LogP contribution in [0.25, 0.3) is 0 Å².